The monoisotopic (exact) mass is 403 g/mol. The van der Waals surface area contributed by atoms with Crippen LogP contribution < -0.4 is 14.8 Å². The number of pyridine rings is 1. The first kappa shape index (κ1) is 18.3. The smallest absolute Gasteiger partial charge is 0.231 e. The van der Waals surface area contributed by atoms with Crippen molar-refractivity contribution in [2.75, 3.05) is 6.79 Å². The van der Waals surface area contributed by atoms with Crippen molar-refractivity contribution in [2.45, 2.75) is 25.8 Å². The van der Waals surface area contributed by atoms with E-state index in [4.69, 9.17) is 13.9 Å². The summed E-state index contributed by atoms with van der Waals surface area (Å²) in [5.41, 5.74) is 3.90. The van der Waals surface area contributed by atoms with Gasteiger partial charge in [-0.05, 0) is 54.4 Å². The van der Waals surface area contributed by atoms with E-state index in [2.05, 4.69) is 10.3 Å². The number of furan rings is 1. The molecular weight excluding hydrogens is 382 g/mol. The Bertz CT molecular complexity index is 1200. The van der Waals surface area contributed by atoms with E-state index in [0.717, 1.165) is 22.5 Å². The SMILES string of the molecule is Cc1ccn2c(C(CC(=O)NCc3ccco3)c3ccc4c(c3)OCO4)cnc2c1. The summed E-state index contributed by atoms with van der Waals surface area (Å²) in [7, 11) is 0. The zero-order valence-electron chi connectivity index (χ0n) is 16.5. The maximum atomic E-state index is 12.8. The highest BCUT2D eigenvalue weighted by atomic mass is 16.7. The molecule has 1 aliphatic rings. The lowest BCUT2D eigenvalue weighted by Gasteiger charge is -2.18. The molecule has 0 radical (unpaired) electrons. The Morgan fingerprint density at radius 3 is 2.97 bits per heavy atom. The normalized spacial score (nSPS) is 13.5. The van der Waals surface area contributed by atoms with Gasteiger partial charge < -0.3 is 23.6 Å². The number of fused-ring (bicyclic) bond motifs is 2. The fraction of sp³-hybridized carbons (Fsp3) is 0.217. The van der Waals surface area contributed by atoms with Crippen molar-refractivity contribution in [1.29, 1.82) is 0 Å². The first-order valence-electron chi connectivity index (χ1n) is 9.79. The maximum absolute atomic E-state index is 12.8. The molecule has 30 heavy (non-hydrogen) atoms. The maximum Gasteiger partial charge on any atom is 0.231 e. The molecule has 0 aliphatic carbocycles. The highest BCUT2D eigenvalue weighted by molar-refractivity contribution is 5.77. The lowest BCUT2D eigenvalue weighted by molar-refractivity contribution is -0.121. The van der Waals surface area contributed by atoms with Crippen LogP contribution in [0, 0.1) is 6.92 Å². The Labute approximate surface area is 173 Å². The van der Waals surface area contributed by atoms with Crippen molar-refractivity contribution < 1.29 is 18.7 Å². The molecule has 1 aliphatic heterocycles. The highest BCUT2D eigenvalue weighted by Crippen LogP contribution is 2.37. The van der Waals surface area contributed by atoms with Crippen LogP contribution in [0.2, 0.25) is 0 Å². The molecule has 0 spiro atoms. The molecule has 1 atom stereocenters. The number of imidazole rings is 1. The van der Waals surface area contributed by atoms with Gasteiger partial charge in [0, 0.05) is 24.7 Å². The second-order valence-electron chi connectivity index (χ2n) is 7.34. The molecule has 7 heteroatoms. The minimum atomic E-state index is -0.200. The van der Waals surface area contributed by atoms with Crippen LogP contribution in [0.25, 0.3) is 5.65 Å². The summed E-state index contributed by atoms with van der Waals surface area (Å²) >= 11 is 0. The summed E-state index contributed by atoms with van der Waals surface area (Å²) in [6.07, 6.45) is 5.69. The summed E-state index contributed by atoms with van der Waals surface area (Å²) in [5, 5.41) is 2.94. The van der Waals surface area contributed by atoms with Crippen LogP contribution in [0.1, 0.15) is 34.9 Å². The predicted octanol–water partition coefficient (Wildman–Crippen LogP) is 3.80. The summed E-state index contributed by atoms with van der Waals surface area (Å²) < 4.78 is 18.3. The molecule has 4 heterocycles. The Morgan fingerprint density at radius 1 is 1.20 bits per heavy atom. The number of carbonyl (C=O) groups is 1. The molecule has 1 aromatic carbocycles. The van der Waals surface area contributed by atoms with E-state index in [0.29, 0.717) is 23.8 Å². The molecule has 0 saturated carbocycles. The van der Waals surface area contributed by atoms with Crippen LogP contribution in [0.4, 0.5) is 0 Å². The number of hydrogen-bond acceptors (Lipinski definition) is 5. The number of nitrogens with zero attached hydrogens (tertiary/aromatic N) is 2. The summed E-state index contributed by atoms with van der Waals surface area (Å²) in [4.78, 5) is 17.4. The highest BCUT2D eigenvalue weighted by Gasteiger charge is 2.24. The van der Waals surface area contributed by atoms with Gasteiger partial charge in [-0.3, -0.25) is 4.79 Å². The summed E-state index contributed by atoms with van der Waals surface area (Å²) in [6.45, 7) is 2.60. The molecule has 1 amide bonds. The van der Waals surface area contributed by atoms with Crippen molar-refractivity contribution in [1.82, 2.24) is 14.7 Å². The second kappa shape index (κ2) is 7.59. The van der Waals surface area contributed by atoms with Crippen molar-refractivity contribution in [3.63, 3.8) is 0 Å². The van der Waals surface area contributed by atoms with Crippen molar-refractivity contribution in [3.8, 4) is 11.5 Å². The van der Waals surface area contributed by atoms with E-state index in [1.54, 1.807) is 12.3 Å². The van der Waals surface area contributed by atoms with Crippen LogP contribution >= 0.6 is 0 Å². The number of benzene rings is 1. The molecular formula is C23H21N3O4. The number of ether oxygens (including phenoxy) is 2. The van der Waals surface area contributed by atoms with Gasteiger partial charge in [0.1, 0.15) is 11.4 Å². The van der Waals surface area contributed by atoms with Gasteiger partial charge in [0.2, 0.25) is 12.7 Å². The predicted molar refractivity (Wildman–Crippen MR) is 110 cm³/mol. The quantitative estimate of drug-likeness (QED) is 0.530. The fourth-order valence-corrected chi connectivity index (χ4v) is 3.74. The zero-order valence-corrected chi connectivity index (χ0v) is 16.5. The average Bonchev–Trinajstić information content (AvgIpc) is 3.50. The minimum absolute atomic E-state index is 0.0730. The largest absolute Gasteiger partial charge is 0.467 e. The van der Waals surface area contributed by atoms with Gasteiger partial charge in [-0.2, -0.15) is 0 Å². The first-order valence-corrected chi connectivity index (χ1v) is 9.79. The van der Waals surface area contributed by atoms with E-state index < -0.39 is 0 Å². The average molecular weight is 403 g/mol. The summed E-state index contributed by atoms with van der Waals surface area (Å²) in [5.74, 6) is 1.85. The van der Waals surface area contributed by atoms with E-state index in [1.807, 2.05) is 60.1 Å². The van der Waals surface area contributed by atoms with Gasteiger partial charge >= 0.3 is 0 Å². The molecule has 3 aromatic heterocycles. The van der Waals surface area contributed by atoms with E-state index in [-0.39, 0.29) is 25.0 Å². The zero-order chi connectivity index (χ0) is 20.5. The molecule has 5 rings (SSSR count). The number of amides is 1. The second-order valence-corrected chi connectivity index (χ2v) is 7.34. The topological polar surface area (TPSA) is 78.0 Å². The Balaban J connectivity index is 1.47. The van der Waals surface area contributed by atoms with Gasteiger partial charge in [-0.1, -0.05) is 6.07 Å². The van der Waals surface area contributed by atoms with E-state index >= 15 is 0 Å². The van der Waals surface area contributed by atoms with Crippen LogP contribution in [-0.2, 0) is 11.3 Å². The molecule has 0 bridgehead atoms. The van der Waals surface area contributed by atoms with E-state index in [1.165, 1.54) is 0 Å². The Kier molecular flexibility index (Phi) is 4.63. The van der Waals surface area contributed by atoms with Crippen molar-refractivity contribution >= 4 is 11.6 Å². The Hall–Kier alpha value is -3.74. The van der Waals surface area contributed by atoms with Crippen LogP contribution in [0.15, 0.2) is 65.5 Å². The van der Waals surface area contributed by atoms with Gasteiger partial charge in [-0.15, -0.1) is 0 Å². The Morgan fingerprint density at radius 2 is 2.10 bits per heavy atom. The van der Waals surface area contributed by atoms with Gasteiger partial charge in [0.25, 0.3) is 0 Å². The molecule has 0 fully saturated rings. The number of aromatic nitrogens is 2. The third-order valence-electron chi connectivity index (χ3n) is 5.28. The number of carbonyl (C=O) groups excluding carboxylic acids is 1. The lowest BCUT2D eigenvalue weighted by Crippen LogP contribution is -2.25. The number of hydrogen-bond donors (Lipinski definition) is 1. The fourth-order valence-electron chi connectivity index (χ4n) is 3.74. The molecule has 152 valence electrons. The molecule has 1 unspecified atom stereocenters. The molecule has 1 N–H and O–H groups in total. The minimum Gasteiger partial charge on any atom is -0.467 e. The number of rotatable bonds is 6. The van der Waals surface area contributed by atoms with Crippen molar-refractivity contribution in [2.24, 2.45) is 0 Å². The van der Waals surface area contributed by atoms with Gasteiger partial charge in [0.15, 0.2) is 11.5 Å². The van der Waals surface area contributed by atoms with Crippen LogP contribution in [-0.4, -0.2) is 22.1 Å². The third kappa shape index (κ3) is 3.50. The first-order chi connectivity index (χ1) is 14.7. The number of aryl methyl sites for hydroxylation is 1. The van der Waals surface area contributed by atoms with Crippen LogP contribution in [0.5, 0.6) is 11.5 Å². The number of nitrogens with one attached hydrogen (secondary N) is 1. The lowest BCUT2D eigenvalue weighted by atomic mass is 9.92. The molecule has 4 aromatic rings. The van der Waals surface area contributed by atoms with Gasteiger partial charge in [0.05, 0.1) is 18.5 Å². The van der Waals surface area contributed by atoms with Gasteiger partial charge in [-0.25, -0.2) is 4.98 Å². The van der Waals surface area contributed by atoms with E-state index in [9.17, 15) is 4.79 Å². The molecule has 0 saturated heterocycles. The standard InChI is InChI=1S/C23H21N3O4/c1-15-6-7-26-19(13-24-22(26)9-15)18(11-23(27)25-12-17-3-2-8-28-17)16-4-5-20-21(10-16)30-14-29-20/h2-10,13,18H,11-12,14H2,1H3,(H,25,27). The third-order valence-corrected chi connectivity index (χ3v) is 5.28. The summed E-state index contributed by atoms with van der Waals surface area (Å²) in [6, 6.07) is 13.5. The molecule has 7 nitrogen and oxygen atoms in total. The van der Waals surface area contributed by atoms with Crippen molar-refractivity contribution in [3.05, 3.63) is 83.7 Å². The van der Waals surface area contributed by atoms with Crippen LogP contribution in [0.3, 0.4) is 0 Å².